The fraction of sp³-hybridized carbons (Fsp3) is 0.308. The van der Waals surface area contributed by atoms with Crippen molar-refractivity contribution in [2.75, 3.05) is 6.54 Å². The lowest BCUT2D eigenvalue weighted by molar-refractivity contribution is 0.128. The minimum Gasteiger partial charge on any atom is -0.386 e. The Bertz CT molecular complexity index is 498. The van der Waals surface area contributed by atoms with E-state index in [-0.39, 0.29) is 6.04 Å². The van der Waals surface area contributed by atoms with Crippen LogP contribution in [0.5, 0.6) is 0 Å². The minimum atomic E-state index is -0.510. The predicted molar refractivity (Wildman–Crippen MR) is 68.0 cm³/mol. The number of aliphatic hydroxyl groups is 1. The molecule has 0 amide bonds. The van der Waals surface area contributed by atoms with E-state index in [2.05, 4.69) is 28.5 Å². The predicted octanol–water partition coefficient (Wildman–Crippen LogP) is 2.06. The summed E-state index contributed by atoms with van der Waals surface area (Å²) in [5.74, 6) is 0. The van der Waals surface area contributed by atoms with E-state index in [1.807, 2.05) is 6.07 Å². The summed E-state index contributed by atoms with van der Waals surface area (Å²) in [5, 5.41) is 13.8. The van der Waals surface area contributed by atoms with E-state index in [0.717, 1.165) is 17.8 Å². The van der Waals surface area contributed by atoms with Crippen LogP contribution in [0.15, 0.2) is 36.0 Å². The molecule has 2 aromatic rings. The van der Waals surface area contributed by atoms with E-state index in [4.69, 9.17) is 0 Å². The van der Waals surface area contributed by atoms with Crippen molar-refractivity contribution in [1.82, 2.24) is 10.3 Å². The molecular weight excluding hydrogens is 232 g/mol. The van der Waals surface area contributed by atoms with Gasteiger partial charge in [-0.25, -0.2) is 0 Å². The third-order valence-electron chi connectivity index (χ3n) is 3.21. The van der Waals surface area contributed by atoms with E-state index < -0.39 is 6.10 Å². The van der Waals surface area contributed by atoms with E-state index in [1.165, 1.54) is 22.5 Å². The average Bonchev–Trinajstić information content (AvgIpc) is 2.91. The number of aromatic nitrogens is 1. The summed E-state index contributed by atoms with van der Waals surface area (Å²) in [6.45, 7) is 0.914. The Balaban J connectivity index is 1.95. The Morgan fingerprint density at radius 3 is 3.12 bits per heavy atom. The number of nitrogens with zero attached hydrogens (tertiary/aromatic N) is 1. The van der Waals surface area contributed by atoms with Gasteiger partial charge < -0.3 is 10.4 Å². The Labute approximate surface area is 104 Å². The molecule has 0 saturated heterocycles. The van der Waals surface area contributed by atoms with Crippen molar-refractivity contribution in [2.24, 2.45) is 0 Å². The maximum atomic E-state index is 10.4. The van der Waals surface area contributed by atoms with Crippen molar-refractivity contribution in [1.29, 1.82) is 0 Å². The van der Waals surface area contributed by atoms with E-state index in [0.29, 0.717) is 0 Å². The number of thiazole rings is 1. The van der Waals surface area contributed by atoms with Gasteiger partial charge >= 0.3 is 0 Å². The molecule has 0 saturated carbocycles. The fourth-order valence-corrected chi connectivity index (χ4v) is 3.00. The molecule has 1 aromatic carbocycles. The molecule has 1 aliphatic heterocycles. The molecule has 2 unspecified atom stereocenters. The monoisotopic (exact) mass is 246 g/mol. The quantitative estimate of drug-likeness (QED) is 0.852. The van der Waals surface area contributed by atoms with Crippen LogP contribution in [-0.4, -0.2) is 16.6 Å². The molecule has 88 valence electrons. The second-order valence-electron chi connectivity index (χ2n) is 4.23. The fourth-order valence-electron chi connectivity index (χ4n) is 2.36. The lowest BCUT2D eigenvalue weighted by Crippen LogP contribution is -2.33. The standard InChI is InChI=1S/C13H14N2OS/c16-13(11-7-14-8-17-11)12-10-4-2-1-3-9(10)5-6-15-12/h1-4,7-8,12-13,15-16H,5-6H2. The number of rotatable bonds is 2. The highest BCUT2D eigenvalue weighted by Crippen LogP contribution is 2.34. The highest BCUT2D eigenvalue weighted by atomic mass is 32.1. The van der Waals surface area contributed by atoms with Crippen LogP contribution in [0.25, 0.3) is 0 Å². The summed E-state index contributed by atoms with van der Waals surface area (Å²) >= 11 is 1.50. The number of fused-ring (bicyclic) bond motifs is 1. The molecule has 0 aliphatic carbocycles. The van der Waals surface area contributed by atoms with Gasteiger partial charge in [-0.15, -0.1) is 11.3 Å². The van der Waals surface area contributed by atoms with Crippen molar-refractivity contribution in [3.63, 3.8) is 0 Å². The van der Waals surface area contributed by atoms with Gasteiger partial charge in [-0.3, -0.25) is 4.98 Å². The summed E-state index contributed by atoms with van der Waals surface area (Å²) in [6.07, 6.45) is 2.26. The summed E-state index contributed by atoms with van der Waals surface area (Å²) in [7, 11) is 0. The zero-order valence-corrected chi connectivity index (χ0v) is 10.2. The first-order valence-electron chi connectivity index (χ1n) is 5.74. The summed E-state index contributed by atoms with van der Waals surface area (Å²) < 4.78 is 0. The molecule has 4 heteroatoms. The van der Waals surface area contributed by atoms with Crippen LogP contribution in [-0.2, 0) is 6.42 Å². The molecule has 1 aromatic heterocycles. The van der Waals surface area contributed by atoms with Crippen LogP contribution < -0.4 is 5.32 Å². The van der Waals surface area contributed by atoms with Crippen molar-refractivity contribution >= 4 is 11.3 Å². The lowest BCUT2D eigenvalue weighted by Gasteiger charge is -2.30. The molecule has 1 aliphatic rings. The third kappa shape index (κ3) is 1.99. The smallest absolute Gasteiger partial charge is 0.109 e. The van der Waals surface area contributed by atoms with E-state index in [1.54, 1.807) is 11.7 Å². The summed E-state index contributed by atoms with van der Waals surface area (Å²) in [5.41, 5.74) is 4.30. The number of aliphatic hydroxyl groups excluding tert-OH is 1. The van der Waals surface area contributed by atoms with Crippen molar-refractivity contribution in [3.8, 4) is 0 Å². The first kappa shape index (κ1) is 10.9. The minimum absolute atomic E-state index is 0.0135. The second kappa shape index (κ2) is 4.56. The second-order valence-corrected chi connectivity index (χ2v) is 5.15. The zero-order valence-electron chi connectivity index (χ0n) is 9.34. The first-order chi connectivity index (χ1) is 8.36. The largest absolute Gasteiger partial charge is 0.386 e. The molecule has 2 heterocycles. The van der Waals surface area contributed by atoms with Gasteiger partial charge in [0.25, 0.3) is 0 Å². The van der Waals surface area contributed by atoms with Crippen LogP contribution in [0.3, 0.4) is 0 Å². The van der Waals surface area contributed by atoms with Gasteiger partial charge in [0.15, 0.2) is 0 Å². The molecule has 0 spiro atoms. The highest BCUT2D eigenvalue weighted by Gasteiger charge is 2.27. The van der Waals surface area contributed by atoms with Gasteiger partial charge in [0.1, 0.15) is 6.10 Å². The number of hydrogen-bond donors (Lipinski definition) is 2. The molecular formula is C13H14N2OS. The molecule has 2 atom stereocenters. The Hall–Kier alpha value is -1.23. The molecule has 2 N–H and O–H groups in total. The third-order valence-corrected chi connectivity index (χ3v) is 4.05. The Morgan fingerprint density at radius 1 is 1.41 bits per heavy atom. The van der Waals surface area contributed by atoms with Gasteiger partial charge in [0, 0.05) is 6.20 Å². The van der Waals surface area contributed by atoms with E-state index >= 15 is 0 Å². The molecule has 0 bridgehead atoms. The van der Waals surface area contributed by atoms with Gasteiger partial charge in [0.2, 0.25) is 0 Å². The zero-order chi connectivity index (χ0) is 11.7. The van der Waals surface area contributed by atoms with Crippen LogP contribution in [0.2, 0.25) is 0 Å². The van der Waals surface area contributed by atoms with Crippen LogP contribution in [0.4, 0.5) is 0 Å². The van der Waals surface area contributed by atoms with Crippen LogP contribution in [0.1, 0.15) is 28.1 Å². The highest BCUT2D eigenvalue weighted by molar-refractivity contribution is 7.09. The maximum absolute atomic E-state index is 10.4. The normalized spacial score (nSPS) is 20.9. The first-order valence-corrected chi connectivity index (χ1v) is 6.62. The van der Waals surface area contributed by atoms with Gasteiger partial charge in [-0.05, 0) is 24.1 Å². The average molecular weight is 246 g/mol. The van der Waals surface area contributed by atoms with Crippen molar-refractivity contribution < 1.29 is 5.11 Å². The van der Waals surface area contributed by atoms with Gasteiger partial charge in [0.05, 0.1) is 16.4 Å². The molecule has 3 rings (SSSR count). The number of nitrogens with one attached hydrogen (secondary N) is 1. The van der Waals surface area contributed by atoms with E-state index in [9.17, 15) is 5.11 Å². The molecule has 0 fully saturated rings. The molecule has 0 radical (unpaired) electrons. The summed E-state index contributed by atoms with van der Waals surface area (Å²) in [4.78, 5) is 4.94. The maximum Gasteiger partial charge on any atom is 0.109 e. The van der Waals surface area contributed by atoms with Crippen molar-refractivity contribution in [3.05, 3.63) is 52.0 Å². The SMILES string of the molecule is OC(c1cncs1)C1NCCc2ccccc21. The lowest BCUT2D eigenvalue weighted by atomic mass is 9.91. The number of hydrogen-bond acceptors (Lipinski definition) is 4. The van der Waals surface area contributed by atoms with Crippen LogP contribution >= 0.6 is 11.3 Å². The number of benzene rings is 1. The Kier molecular flexibility index (Phi) is 2.93. The summed E-state index contributed by atoms with van der Waals surface area (Å²) in [6, 6.07) is 8.30. The topological polar surface area (TPSA) is 45.2 Å². The van der Waals surface area contributed by atoms with Gasteiger partial charge in [-0.1, -0.05) is 24.3 Å². The van der Waals surface area contributed by atoms with Crippen LogP contribution in [0, 0.1) is 0 Å². The molecule has 3 nitrogen and oxygen atoms in total. The molecule has 17 heavy (non-hydrogen) atoms. The van der Waals surface area contributed by atoms with Crippen molar-refractivity contribution in [2.45, 2.75) is 18.6 Å². The van der Waals surface area contributed by atoms with Gasteiger partial charge in [-0.2, -0.15) is 0 Å². The Morgan fingerprint density at radius 2 is 2.29 bits per heavy atom.